The lowest BCUT2D eigenvalue weighted by molar-refractivity contribution is -0.131. The van der Waals surface area contributed by atoms with E-state index in [0.29, 0.717) is 49.1 Å². The summed E-state index contributed by atoms with van der Waals surface area (Å²) >= 11 is 0. The number of anilines is 2. The van der Waals surface area contributed by atoms with Gasteiger partial charge in [-0.2, -0.15) is 0 Å². The number of carboxylic acid groups (broad SMARTS) is 1. The number of amides is 3. The zero-order valence-corrected chi connectivity index (χ0v) is 34.2. The first-order valence-corrected chi connectivity index (χ1v) is 19.9. The van der Waals surface area contributed by atoms with E-state index in [1.54, 1.807) is 43.6 Å². The van der Waals surface area contributed by atoms with Crippen LogP contribution < -0.4 is 20.1 Å². The normalized spacial score (nSPS) is 18.5. The Morgan fingerprint density at radius 1 is 0.862 bits per heavy atom. The fourth-order valence-electron chi connectivity index (χ4n) is 8.02. The SMILES string of the molecule is CCCOc1c(CN(C)C(=O)/C=C/c2cnc3c(c2)CC2(CCN(C)CC2)C(=O)N3)cccc1OC.CN1CCC2(CC1)Cc1cc(/C=C/C(=O)O)cnc1NC2=O. The van der Waals surface area contributed by atoms with Gasteiger partial charge in [-0.05, 0) is 138 Å². The fourth-order valence-corrected chi connectivity index (χ4v) is 8.02. The number of likely N-dealkylation sites (tertiary alicyclic amines) is 2. The average molecular weight is 794 g/mol. The van der Waals surface area contributed by atoms with Crippen molar-refractivity contribution >= 4 is 47.5 Å². The largest absolute Gasteiger partial charge is 0.493 e. The van der Waals surface area contributed by atoms with Crippen LogP contribution in [0.4, 0.5) is 11.6 Å². The van der Waals surface area contributed by atoms with Crippen molar-refractivity contribution in [1.82, 2.24) is 24.7 Å². The molecule has 2 fully saturated rings. The van der Waals surface area contributed by atoms with Gasteiger partial charge in [-0.25, -0.2) is 14.8 Å². The average Bonchev–Trinajstić information content (AvgIpc) is 3.21. The van der Waals surface area contributed by atoms with Crippen LogP contribution in [0.25, 0.3) is 12.2 Å². The summed E-state index contributed by atoms with van der Waals surface area (Å²) < 4.78 is 11.4. The van der Waals surface area contributed by atoms with Crippen molar-refractivity contribution in [2.45, 2.75) is 58.4 Å². The molecule has 0 saturated carbocycles. The molecule has 2 spiro atoms. The molecule has 3 N–H and O–H groups in total. The second-order valence-electron chi connectivity index (χ2n) is 16.0. The van der Waals surface area contributed by atoms with Crippen molar-refractivity contribution in [3.05, 3.63) is 82.7 Å². The highest BCUT2D eigenvalue weighted by molar-refractivity contribution is 5.99. The predicted molar refractivity (Wildman–Crippen MR) is 222 cm³/mol. The molecule has 3 amide bonds. The summed E-state index contributed by atoms with van der Waals surface area (Å²) in [5.41, 5.74) is 3.75. The molecule has 2 saturated heterocycles. The van der Waals surface area contributed by atoms with Crippen LogP contribution in [0.5, 0.6) is 11.5 Å². The lowest BCUT2D eigenvalue weighted by atomic mass is 9.71. The summed E-state index contributed by atoms with van der Waals surface area (Å²) in [6, 6.07) is 9.65. The van der Waals surface area contributed by atoms with Crippen LogP contribution in [-0.4, -0.2) is 115 Å². The first kappa shape index (κ1) is 42.0. The number of rotatable bonds is 10. The molecule has 7 rings (SSSR count). The van der Waals surface area contributed by atoms with Crippen LogP contribution in [0.1, 0.15) is 66.8 Å². The number of para-hydroxylation sites is 1. The van der Waals surface area contributed by atoms with E-state index in [0.717, 1.165) is 92.2 Å². The Labute approximate surface area is 340 Å². The first-order valence-electron chi connectivity index (χ1n) is 19.9. The summed E-state index contributed by atoms with van der Waals surface area (Å²) in [6.45, 7) is 6.67. The van der Waals surface area contributed by atoms with E-state index in [9.17, 15) is 19.2 Å². The number of carbonyl (C=O) groups is 4. The highest BCUT2D eigenvalue weighted by Gasteiger charge is 2.45. The fraction of sp³-hybridized carbons (Fsp3) is 0.455. The van der Waals surface area contributed by atoms with Gasteiger partial charge in [0.1, 0.15) is 11.6 Å². The molecule has 308 valence electrons. The smallest absolute Gasteiger partial charge is 0.328 e. The number of nitrogens with zero attached hydrogens (tertiary/aromatic N) is 5. The Bertz CT molecular complexity index is 2070. The predicted octanol–water partition coefficient (Wildman–Crippen LogP) is 5.14. The number of aromatic nitrogens is 2. The van der Waals surface area contributed by atoms with Crippen LogP contribution in [0.15, 0.2) is 54.9 Å². The van der Waals surface area contributed by atoms with Gasteiger partial charge in [0.15, 0.2) is 11.5 Å². The minimum Gasteiger partial charge on any atom is -0.493 e. The highest BCUT2D eigenvalue weighted by atomic mass is 16.5. The van der Waals surface area contributed by atoms with Crippen LogP contribution in [0, 0.1) is 10.8 Å². The van der Waals surface area contributed by atoms with Crippen LogP contribution in [0.3, 0.4) is 0 Å². The molecule has 14 nitrogen and oxygen atoms in total. The van der Waals surface area contributed by atoms with E-state index in [-0.39, 0.29) is 28.6 Å². The second kappa shape index (κ2) is 18.3. The molecule has 2 aromatic heterocycles. The molecule has 0 bridgehead atoms. The molecule has 0 unspecified atom stereocenters. The molecule has 0 aliphatic carbocycles. The number of fused-ring (bicyclic) bond motifs is 2. The zero-order valence-electron chi connectivity index (χ0n) is 34.2. The maximum absolute atomic E-state index is 12.9. The topological polar surface area (TPSA) is 167 Å². The number of methoxy groups -OCH3 is 1. The zero-order chi connectivity index (χ0) is 41.5. The van der Waals surface area contributed by atoms with Gasteiger partial charge in [-0.1, -0.05) is 19.1 Å². The van der Waals surface area contributed by atoms with Gasteiger partial charge in [0.2, 0.25) is 17.7 Å². The van der Waals surface area contributed by atoms with Crippen LogP contribution >= 0.6 is 0 Å². The second-order valence-corrected chi connectivity index (χ2v) is 16.0. The van der Waals surface area contributed by atoms with E-state index >= 15 is 0 Å². The van der Waals surface area contributed by atoms with Gasteiger partial charge in [-0.3, -0.25) is 14.4 Å². The number of pyridine rings is 2. The van der Waals surface area contributed by atoms with Gasteiger partial charge in [0.25, 0.3) is 0 Å². The third kappa shape index (κ3) is 9.74. The number of aliphatic carboxylic acids is 1. The maximum Gasteiger partial charge on any atom is 0.328 e. The van der Waals surface area contributed by atoms with Crippen LogP contribution in [0.2, 0.25) is 0 Å². The standard InChI is InChI=1S/C28H36N4O4.C16H19N3O3/c1-5-15-36-25-21(7-6-8-23(25)35-4)19-32(3)24(33)10-9-20-16-22-17-28(11-13-31(2)14-12-28)27(34)30-26(22)29-18-20;1-19-6-4-16(5-7-19)9-12-8-11(2-3-13(20)21)10-17-14(12)18-15(16)22/h6-10,16,18H,5,11-15,17,19H2,1-4H3,(H,29,30,34);2-3,8,10H,4-7,9H2,1H3,(H,20,21)(H,17,18,22)/b10-9+;3-2+. The highest BCUT2D eigenvalue weighted by Crippen LogP contribution is 2.42. The van der Waals surface area contributed by atoms with E-state index in [1.165, 1.54) is 6.08 Å². The Hall–Kier alpha value is -5.60. The van der Waals surface area contributed by atoms with Crippen molar-refractivity contribution in [3.63, 3.8) is 0 Å². The van der Waals surface area contributed by atoms with Gasteiger partial charge in [-0.15, -0.1) is 0 Å². The molecule has 0 radical (unpaired) electrons. The number of carbonyl (C=O) groups excluding carboxylic acids is 3. The number of benzene rings is 1. The summed E-state index contributed by atoms with van der Waals surface area (Å²) in [5, 5.41) is 14.6. The monoisotopic (exact) mass is 793 g/mol. The lowest BCUT2D eigenvalue weighted by Crippen LogP contribution is -2.49. The Morgan fingerprint density at radius 3 is 1.86 bits per heavy atom. The van der Waals surface area contributed by atoms with Crippen molar-refractivity contribution in [2.75, 3.05) is 71.7 Å². The number of piperidine rings is 2. The molecular formula is C44H55N7O7. The molecule has 14 heteroatoms. The molecule has 4 aliphatic rings. The number of carboxylic acids is 1. The number of hydrogen-bond donors (Lipinski definition) is 3. The quantitative estimate of drug-likeness (QED) is 0.233. The van der Waals surface area contributed by atoms with Gasteiger partial charge >= 0.3 is 5.97 Å². The number of hydrogen-bond acceptors (Lipinski definition) is 10. The minimum atomic E-state index is -0.988. The number of ether oxygens (including phenoxy) is 2. The number of nitrogens with one attached hydrogen (secondary N) is 2. The molecule has 6 heterocycles. The summed E-state index contributed by atoms with van der Waals surface area (Å²) in [7, 11) is 7.54. The summed E-state index contributed by atoms with van der Waals surface area (Å²) in [6.07, 6.45) is 14.8. The summed E-state index contributed by atoms with van der Waals surface area (Å²) in [4.78, 5) is 63.7. The van der Waals surface area contributed by atoms with Crippen molar-refractivity contribution < 1.29 is 33.8 Å². The molecule has 4 aliphatic heterocycles. The van der Waals surface area contributed by atoms with Gasteiger partial charge in [0.05, 0.1) is 24.5 Å². The van der Waals surface area contributed by atoms with Crippen molar-refractivity contribution in [1.29, 1.82) is 0 Å². The Kier molecular flexibility index (Phi) is 13.3. The lowest BCUT2D eigenvalue weighted by Gasteiger charge is -2.42. The Morgan fingerprint density at radius 2 is 1.38 bits per heavy atom. The third-order valence-electron chi connectivity index (χ3n) is 11.7. The maximum atomic E-state index is 12.9. The van der Waals surface area contributed by atoms with Crippen molar-refractivity contribution in [2.24, 2.45) is 10.8 Å². The van der Waals surface area contributed by atoms with Crippen LogP contribution in [-0.2, 0) is 38.6 Å². The van der Waals surface area contributed by atoms with E-state index in [2.05, 4.69) is 44.5 Å². The van der Waals surface area contributed by atoms with Gasteiger partial charge in [0, 0.05) is 43.7 Å². The minimum absolute atomic E-state index is 0.0643. The summed E-state index contributed by atoms with van der Waals surface area (Å²) in [5.74, 6) is 1.59. The van der Waals surface area contributed by atoms with E-state index in [1.807, 2.05) is 37.3 Å². The molecule has 3 aromatic rings. The molecular weight excluding hydrogens is 739 g/mol. The number of likely N-dealkylation sites (N-methyl/N-ethyl adjacent to an activating group) is 1. The molecule has 0 atom stereocenters. The van der Waals surface area contributed by atoms with Gasteiger partial charge < -0.3 is 39.9 Å². The first-order chi connectivity index (χ1) is 27.8. The van der Waals surface area contributed by atoms with E-state index in [4.69, 9.17) is 14.6 Å². The van der Waals surface area contributed by atoms with Crippen molar-refractivity contribution in [3.8, 4) is 11.5 Å². The van der Waals surface area contributed by atoms with E-state index < -0.39 is 5.97 Å². The third-order valence-corrected chi connectivity index (χ3v) is 11.7. The molecule has 1 aromatic carbocycles. The Balaban J connectivity index is 0.000000220. The molecule has 58 heavy (non-hydrogen) atoms.